The van der Waals surface area contributed by atoms with Gasteiger partial charge in [0.15, 0.2) is 11.5 Å². The molecule has 0 atom stereocenters. The van der Waals surface area contributed by atoms with E-state index in [1.807, 2.05) is 31.2 Å². The van der Waals surface area contributed by atoms with Crippen molar-refractivity contribution in [2.45, 2.75) is 13.8 Å². The van der Waals surface area contributed by atoms with E-state index in [0.29, 0.717) is 17.3 Å². The molecule has 4 heteroatoms. The first-order valence-electron chi connectivity index (χ1n) is 7.96. The van der Waals surface area contributed by atoms with Crippen molar-refractivity contribution < 1.29 is 18.7 Å². The van der Waals surface area contributed by atoms with Crippen molar-refractivity contribution in [1.82, 2.24) is 0 Å². The standard InChI is InChI=1S/C21H16O4/c1-12-3-4-13(2)20-16(12)11-19(25-20)18-10-9-17(24-18)14-5-7-15(8-6-14)21(22)23/h3-11H,1-2H3,(H,22,23). The number of hydrogen-bond donors (Lipinski definition) is 1. The molecule has 0 aliphatic heterocycles. The minimum absolute atomic E-state index is 0.249. The number of carboxylic acid groups (broad SMARTS) is 1. The van der Waals surface area contributed by atoms with Crippen molar-refractivity contribution in [2.24, 2.45) is 0 Å². The van der Waals surface area contributed by atoms with E-state index in [1.54, 1.807) is 24.3 Å². The van der Waals surface area contributed by atoms with Gasteiger partial charge in [0.2, 0.25) is 0 Å². The molecule has 0 aliphatic carbocycles. The van der Waals surface area contributed by atoms with Gasteiger partial charge in [-0.25, -0.2) is 4.79 Å². The van der Waals surface area contributed by atoms with E-state index in [4.69, 9.17) is 13.9 Å². The van der Waals surface area contributed by atoms with Gasteiger partial charge in [0.25, 0.3) is 0 Å². The molecular formula is C21H16O4. The van der Waals surface area contributed by atoms with E-state index in [-0.39, 0.29) is 5.56 Å². The molecule has 0 unspecified atom stereocenters. The first kappa shape index (κ1) is 15.3. The van der Waals surface area contributed by atoms with Crippen LogP contribution in [0.5, 0.6) is 0 Å². The van der Waals surface area contributed by atoms with Crippen LogP contribution in [0.3, 0.4) is 0 Å². The molecule has 4 aromatic rings. The molecule has 1 N–H and O–H groups in total. The van der Waals surface area contributed by atoms with Crippen molar-refractivity contribution in [3.63, 3.8) is 0 Å². The first-order valence-corrected chi connectivity index (χ1v) is 7.96. The lowest BCUT2D eigenvalue weighted by atomic mass is 10.1. The maximum absolute atomic E-state index is 10.9. The van der Waals surface area contributed by atoms with Gasteiger partial charge in [-0.15, -0.1) is 0 Å². The van der Waals surface area contributed by atoms with Gasteiger partial charge in [-0.3, -0.25) is 0 Å². The van der Waals surface area contributed by atoms with Gasteiger partial charge in [-0.2, -0.15) is 0 Å². The van der Waals surface area contributed by atoms with Gasteiger partial charge < -0.3 is 13.9 Å². The van der Waals surface area contributed by atoms with Crippen LogP contribution in [0.15, 0.2) is 63.4 Å². The van der Waals surface area contributed by atoms with Crippen molar-refractivity contribution in [3.8, 4) is 22.8 Å². The molecule has 25 heavy (non-hydrogen) atoms. The summed E-state index contributed by atoms with van der Waals surface area (Å²) in [6.07, 6.45) is 0. The molecule has 0 spiro atoms. The summed E-state index contributed by atoms with van der Waals surface area (Å²) in [7, 11) is 0. The van der Waals surface area contributed by atoms with E-state index >= 15 is 0 Å². The molecule has 0 saturated heterocycles. The smallest absolute Gasteiger partial charge is 0.335 e. The number of aryl methyl sites for hydroxylation is 2. The summed E-state index contributed by atoms with van der Waals surface area (Å²) < 4.78 is 11.9. The highest BCUT2D eigenvalue weighted by atomic mass is 16.4. The van der Waals surface area contributed by atoms with E-state index in [2.05, 4.69) is 13.0 Å². The molecule has 0 aliphatic rings. The Morgan fingerprint density at radius 2 is 1.48 bits per heavy atom. The topological polar surface area (TPSA) is 63.6 Å². The molecule has 2 aromatic carbocycles. The second-order valence-electron chi connectivity index (χ2n) is 6.10. The Kier molecular flexibility index (Phi) is 3.46. The van der Waals surface area contributed by atoms with Crippen LogP contribution in [-0.2, 0) is 0 Å². The van der Waals surface area contributed by atoms with E-state index < -0.39 is 5.97 Å². The van der Waals surface area contributed by atoms with Gasteiger partial charge in [0, 0.05) is 10.9 Å². The fraction of sp³-hybridized carbons (Fsp3) is 0.0952. The molecule has 4 nitrogen and oxygen atoms in total. The van der Waals surface area contributed by atoms with Gasteiger partial charge >= 0.3 is 5.97 Å². The highest BCUT2D eigenvalue weighted by Gasteiger charge is 2.14. The van der Waals surface area contributed by atoms with Crippen LogP contribution in [0, 0.1) is 13.8 Å². The summed E-state index contributed by atoms with van der Waals surface area (Å²) >= 11 is 0. The van der Waals surface area contributed by atoms with Crippen LogP contribution in [0.2, 0.25) is 0 Å². The Morgan fingerprint density at radius 1 is 0.800 bits per heavy atom. The van der Waals surface area contributed by atoms with E-state index in [0.717, 1.165) is 27.7 Å². The lowest BCUT2D eigenvalue weighted by molar-refractivity contribution is 0.0697. The average Bonchev–Trinajstić information content (AvgIpc) is 3.26. The largest absolute Gasteiger partial charge is 0.478 e. The highest BCUT2D eigenvalue weighted by molar-refractivity contribution is 5.88. The molecule has 4 rings (SSSR count). The quantitative estimate of drug-likeness (QED) is 0.524. The van der Waals surface area contributed by atoms with Gasteiger partial charge in [-0.05, 0) is 55.3 Å². The number of carbonyl (C=O) groups is 1. The van der Waals surface area contributed by atoms with Crippen molar-refractivity contribution >= 4 is 16.9 Å². The Balaban J connectivity index is 1.73. The fourth-order valence-electron chi connectivity index (χ4n) is 2.92. The number of carboxylic acids is 1. The third-order valence-electron chi connectivity index (χ3n) is 4.36. The van der Waals surface area contributed by atoms with Crippen LogP contribution in [0.1, 0.15) is 21.5 Å². The molecule has 0 amide bonds. The fourth-order valence-corrected chi connectivity index (χ4v) is 2.92. The minimum atomic E-state index is -0.945. The zero-order chi connectivity index (χ0) is 17.6. The first-order chi connectivity index (χ1) is 12.0. The summed E-state index contributed by atoms with van der Waals surface area (Å²) in [6, 6.07) is 16.4. The van der Waals surface area contributed by atoms with E-state index in [9.17, 15) is 4.79 Å². The molecule has 0 bridgehead atoms. The molecule has 2 heterocycles. The van der Waals surface area contributed by atoms with Gasteiger partial charge in [0.05, 0.1) is 5.56 Å². The van der Waals surface area contributed by atoms with Crippen LogP contribution in [-0.4, -0.2) is 11.1 Å². The van der Waals surface area contributed by atoms with Crippen LogP contribution in [0.25, 0.3) is 33.8 Å². The zero-order valence-electron chi connectivity index (χ0n) is 13.9. The Labute approximate surface area is 144 Å². The van der Waals surface area contributed by atoms with Crippen LogP contribution in [0.4, 0.5) is 0 Å². The maximum Gasteiger partial charge on any atom is 0.335 e. The number of rotatable bonds is 3. The predicted octanol–water partition coefficient (Wildman–Crippen LogP) is 5.67. The molecular weight excluding hydrogens is 316 g/mol. The lowest BCUT2D eigenvalue weighted by Gasteiger charge is -1.98. The lowest BCUT2D eigenvalue weighted by Crippen LogP contribution is -1.94. The number of hydrogen-bond acceptors (Lipinski definition) is 3. The molecule has 2 aromatic heterocycles. The number of furan rings is 2. The normalized spacial score (nSPS) is 11.1. The minimum Gasteiger partial charge on any atom is -0.478 e. The maximum atomic E-state index is 10.9. The second-order valence-corrected chi connectivity index (χ2v) is 6.10. The van der Waals surface area contributed by atoms with Gasteiger partial charge in [-0.1, -0.05) is 24.3 Å². The molecule has 124 valence electrons. The van der Waals surface area contributed by atoms with Gasteiger partial charge in [0.1, 0.15) is 11.3 Å². The van der Waals surface area contributed by atoms with Crippen LogP contribution >= 0.6 is 0 Å². The summed E-state index contributed by atoms with van der Waals surface area (Å²) in [5, 5.41) is 10.1. The van der Waals surface area contributed by atoms with Crippen molar-refractivity contribution in [3.05, 3.63) is 71.3 Å². The second kappa shape index (κ2) is 5.67. The number of fused-ring (bicyclic) bond motifs is 1. The molecule has 0 saturated carbocycles. The summed E-state index contributed by atoms with van der Waals surface area (Å²) in [5.74, 6) is 1.05. The van der Waals surface area contributed by atoms with Crippen molar-refractivity contribution in [1.29, 1.82) is 0 Å². The summed E-state index contributed by atoms with van der Waals surface area (Å²) in [5.41, 5.74) is 4.19. The Bertz CT molecular complexity index is 1040. The summed E-state index contributed by atoms with van der Waals surface area (Å²) in [4.78, 5) is 10.9. The number of benzene rings is 2. The number of aromatic carboxylic acids is 1. The SMILES string of the molecule is Cc1ccc(C)c2oc(-c3ccc(-c4ccc(C(=O)O)cc4)o3)cc12. The predicted molar refractivity (Wildman–Crippen MR) is 95.8 cm³/mol. The highest BCUT2D eigenvalue weighted by Crippen LogP contribution is 2.34. The van der Waals surface area contributed by atoms with Crippen LogP contribution < -0.4 is 0 Å². The summed E-state index contributed by atoms with van der Waals surface area (Å²) in [6.45, 7) is 4.07. The third kappa shape index (κ3) is 2.62. The zero-order valence-corrected chi connectivity index (χ0v) is 13.9. The van der Waals surface area contributed by atoms with E-state index in [1.165, 1.54) is 0 Å². The average molecular weight is 332 g/mol. The van der Waals surface area contributed by atoms with Crippen molar-refractivity contribution in [2.75, 3.05) is 0 Å². The Hall–Kier alpha value is -3.27. The third-order valence-corrected chi connectivity index (χ3v) is 4.36. The molecule has 0 fully saturated rings. The Morgan fingerprint density at radius 3 is 2.16 bits per heavy atom. The monoisotopic (exact) mass is 332 g/mol. The molecule has 0 radical (unpaired) electrons.